The Hall–Kier alpha value is -1.65. The lowest BCUT2D eigenvalue weighted by Crippen LogP contribution is -2.18. The summed E-state index contributed by atoms with van der Waals surface area (Å²) in [6.07, 6.45) is 2.67. The summed E-state index contributed by atoms with van der Waals surface area (Å²) in [5, 5.41) is 3.45. The second kappa shape index (κ2) is 4.55. The number of hydrogen-bond donors (Lipinski definition) is 2. The van der Waals surface area contributed by atoms with Gasteiger partial charge in [0.15, 0.2) is 0 Å². The third-order valence-corrected chi connectivity index (χ3v) is 3.88. The van der Waals surface area contributed by atoms with Crippen LogP contribution in [0.4, 0.5) is 0 Å². The Labute approximate surface area is 110 Å². The number of nitrogens with two attached hydrogens (primary N) is 1. The molecule has 3 N–H and O–H groups in total. The maximum atomic E-state index is 5.78. The summed E-state index contributed by atoms with van der Waals surface area (Å²) in [6, 6.07) is 8.55. The molecule has 2 heterocycles. The van der Waals surface area contributed by atoms with Gasteiger partial charge in [-0.25, -0.2) is 4.98 Å². The van der Waals surface area contributed by atoms with E-state index in [0.717, 1.165) is 17.9 Å². The van der Waals surface area contributed by atoms with Gasteiger partial charge in [-0.05, 0) is 13.0 Å². The lowest BCUT2D eigenvalue weighted by molar-refractivity contribution is 0.710. The van der Waals surface area contributed by atoms with Crippen LogP contribution in [0.1, 0.15) is 12.7 Å². The average Bonchev–Trinajstić information content (AvgIpc) is 2.94. The molecule has 0 saturated heterocycles. The van der Waals surface area contributed by atoms with E-state index in [2.05, 4.69) is 39.6 Å². The van der Waals surface area contributed by atoms with E-state index in [0.29, 0.717) is 0 Å². The zero-order valence-electron chi connectivity index (χ0n) is 10.2. The first-order chi connectivity index (χ1) is 8.74. The minimum Gasteiger partial charge on any atom is -0.342 e. The maximum Gasteiger partial charge on any atom is 0.108 e. The van der Waals surface area contributed by atoms with E-state index in [1.54, 1.807) is 11.3 Å². The molecule has 0 aliphatic carbocycles. The fourth-order valence-corrected chi connectivity index (χ4v) is 3.06. The van der Waals surface area contributed by atoms with Crippen LogP contribution in [-0.4, -0.2) is 16.0 Å². The van der Waals surface area contributed by atoms with Gasteiger partial charge < -0.3 is 10.7 Å². The molecule has 1 atom stereocenters. The molecule has 3 rings (SSSR count). The van der Waals surface area contributed by atoms with Crippen molar-refractivity contribution in [3.8, 4) is 11.3 Å². The Bertz CT molecular complexity index is 666. The highest BCUT2D eigenvalue weighted by atomic mass is 32.1. The highest BCUT2D eigenvalue weighted by Crippen LogP contribution is 2.32. The van der Waals surface area contributed by atoms with E-state index >= 15 is 0 Å². The first kappa shape index (κ1) is 11.4. The summed E-state index contributed by atoms with van der Waals surface area (Å²) >= 11 is 1.76. The standard InChI is InChI=1S/C14H15N3S/c1-9(15)6-14-16-7-12(17-14)11-8-18-13-5-3-2-4-10(11)13/h2-5,7-9H,6,15H2,1H3,(H,16,17). The summed E-state index contributed by atoms with van der Waals surface area (Å²) < 4.78 is 1.30. The quantitative estimate of drug-likeness (QED) is 0.757. The number of hydrogen-bond acceptors (Lipinski definition) is 3. The topological polar surface area (TPSA) is 54.7 Å². The highest BCUT2D eigenvalue weighted by molar-refractivity contribution is 7.17. The van der Waals surface area contributed by atoms with Crippen LogP contribution in [0.25, 0.3) is 21.3 Å². The molecule has 0 saturated carbocycles. The van der Waals surface area contributed by atoms with Crippen LogP contribution >= 0.6 is 11.3 Å². The second-order valence-electron chi connectivity index (χ2n) is 4.57. The van der Waals surface area contributed by atoms with Crippen LogP contribution in [0.3, 0.4) is 0 Å². The maximum absolute atomic E-state index is 5.78. The molecule has 0 spiro atoms. The fraction of sp³-hybridized carbons (Fsp3) is 0.214. The lowest BCUT2D eigenvalue weighted by Gasteiger charge is -2.00. The summed E-state index contributed by atoms with van der Waals surface area (Å²) in [7, 11) is 0. The molecule has 0 radical (unpaired) electrons. The molecule has 0 bridgehead atoms. The minimum atomic E-state index is 0.128. The summed E-state index contributed by atoms with van der Waals surface area (Å²) in [5.74, 6) is 0.954. The Morgan fingerprint density at radius 2 is 2.22 bits per heavy atom. The smallest absolute Gasteiger partial charge is 0.108 e. The monoisotopic (exact) mass is 257 g/mol. The van der Waals surface area contributed by atoms with Crippen molar-refractivity contribution in [3.63, 3.8) is 0 Å². The molecule has 0 fully saturated rings. The predicted molar refractivity (Wildman–Crippen MR) is 76.8 cm³/mol. The summed E-state index contributed by atoms with van der Waals surface area (Å²) in [4.78, 5) is 7.74. The van der Waals surface area contributed by atoms with Gasteiger partial charge in [0.05, 0.1) is 11.9 Å². The molecule has 4 heteroatoms. The van der Waals surface area contributed by atoms with Crippen molar-refractivity contribution in [1.82, 2.24) is 9.97 Å². The summed E-state index contributed by atoms with van der Waals surface area (Å²) in [6.45, 7) is 1.99. The normalized spacial score (nSPS) is 13.0. The van der Waals surface area contributed by atoms with Crippen molar-refractivity contribution in [1.29, 1.82) is 0 Å². The van der Waals surface area contributed by atoms with Crippen LogP contribution in [-0.2, 0) is 6.42 Å². The zero-order chi connectivity index (χ0) is 12.5. The van der Waals surface area contributed by atoms with Crippen LogP contribution in [0.2, 0.25) is 0 Å². The number of H-pyrrole nitrogens is 1. The SMILES string of the molecule is CC(N)Cc1ncc(-c2csc3ccccc23)[nH]1. The van der Waals surface area contributed by atoms with Crippen molar-refractivity contribution in [3.05, 3.63) is 41.7 Å². The Morgan fingerprint density at radius 3 is 3.06 bits per heavy atom. The number of aromatic nitrogens is 2. The van der Waals surface area contributed by atoms with E-state index in [4.69, 9.17) is 5.73 Å². The molecule has 92 valence electrons. The van der Waals surface area contributed by atoms with Crippen LogP contribution < -0.4 is 5.73 Å². The number of benzene rings is 1. The van der Waals surface area contributed by atoms with Crippen molar-refractivity contribution in [2.24, 2.45) is 5.73 Å². The van der Waals surface area contributed by atoms with E-state index in [1.807, 2.05) is 13.1 Å². The Kier molecular flexibility index (Phi) is 2.89. The number of imidazole rings is 1. The molecule has 3 nitrogen and oxygen atoms in total. The number of nitrogens with one attached hydrogen (secondary N) is 1. The van der Waals surface area contributed by atoms with Gasteiger partial charge in [0.1, 0.15) is 5.82 Å². The average molecular weight is 257 g/mol. The van der Waals surface area contributed by atoms with E-state index < -0.39 is 0 Å². The van der Waals surface area contributed by atoms with Gasteiger partial charge in [-0.15, -0.1) is 11.3 Å². The number of nitrogens with zero attached hydrogens (tertiary/aromatic N) is 1. The van der Waals surface area contributed by atoms with Crippen LogP contribution in [0, 0.1) is 0 Å². The van der Waals surface area contributed by atoms with Gasteiger partial charge in [-0.1, -0.05) is 18.2 Å². The number of fused-ring (bicyclic) bond motifs is 1. The molecule has 0 aliphatic rings. The minimum absolute atomic E-state index is 0.128. The van der Waals surface area contributed by atoms with Crippen LogP contribution in [0.5, 0.6) is 0 Å². The number of aromatic amines is 1. The molecule has 3 aromatic rings. The Morgan fingerprint density at radius 1 is 1.39 bits per heavy atom. The summed E-state index contributed by atoms with van der Waals surface area (Å²) in [5.41, 5.74) is 8.08. The van der Waals surface area contributed by atoms with Crippen molar-refractivity contribution >= 4 is 21.4 Å². The van der Waals surface area contributed by atoms with E-state index in [-0.39, 0.29) is 6.04 Å². The molecule has 0 amide bonds. The molecule has 1 aromatic carbocycles. The third-order valence-electron chi connectivity index (χ3n) is 2.91. The van der Waals surface area contributed by atoms with E-state index in [9.17, 15) is 0 Å². The van der Waals surface area contributed by atoms with Gasteiger partial charge >= 0.3 is 0 Å². The van der Waals surface area contributed by atoms with Gasteiger partial charge in [0.25, 0.3) is 0 Å². The van der Waals surface area contributed by atoms with Crippen molar-refractivity contribution < 1.29 is 0 Å². The Balaban J connectivity index is 2.01. The van der Waals surface area contributed by atoms with Crippen molar-refractivity contribution in [2.75, 3.05) is 0 Å². The van der Waals surface area contributed by atoms with Gasteiger partial charge in [0, 0.05) is 33.5 Å². The fourth-order valence-electron chi connectivity index (χ4n) is 2.09. The molecule has 1 unspecified atom stereocenters. The second-order valence-corrected chi connectivity index (χ2v) is 5.48. The van der Waals surface area contributed by atoms with E-state index in [1.165, 1.54) is 15.6 Å². The number of thiophene rings is 1. The van der Waals surface area contributed by atoms with Crippen LogP contribution in [0.15, 0.2) is 35.8 Å². The third kappa shape index (κ3) is 2.05. The largest absolute Gasteiger partial charge is 0.342 e. The predicted octanol–water partition coefficient (Wildman–Crippen LogP) is 3.18. The molecule has 18 heavy (non-hydrogen) atoms. The first-order valence-electron chi connectivity index (χ1n) is 6.00. The highest BCUT2D eigenvalue weighted by Gasteiger charge is 2.09. The molecule has 2 aromatic heterocycles. The van der Waals surface area contributed by atoms with Gasteiger partial charge in [-0.2, -0.15) is 0 Å². The number of rotatable bonds is 3. The van der Waals surface area contributed by atoms with Gasteiger partial charge in [0.2, 0.25) is 0 Å². The van der Waals surface area contributed by atoms with Gasteiger partial charge in [-0.3, -0.25) is 0 Å². The lowest BCUT2D eigenvalue weighted by atomic mass is 10.1. The molecule has 0 aliphatic heterocycles. The molecular weight excluding hydrogens is 242 g/mol. The first-order valence-corrected chi connectivity index (χ1v) is 6.88. The zero-order valence-corrected chi connectivity index (χ0v) is 11.0. The van der Waals surface area contributed by atoms with Crippen molar-refractivity contribution in [2.45, 2.75) is 19.4 Å². The molecular formula is C14H15N3S.